The summed E-state index contributed by atoms with van der Waals surface area (Å²) in [6.45, 7) is 1.73. The fourth-order valence-electron chi connectivity index (χ4n) is 2.03. The number of rotatable bonds is 4. The minimum absolute atomic E-state index is 0.0182. The van der Waals surface area contributed by atoms with Gasteiger partial charge in [0.15, 0.2) is 0 Å². The van der Waals surface area contributed by atoms with Crippen molar-refractivity contribution in [1.82, 2.24) is 0 Å². The quantitative estimate of drug-likeness (QED) is 0.492. The number of aryl methyl sites for hydroxylation is 1. The zero-order chi connectivity index (χ0) is 18.6. The van der Waals surface area contributed by atoms with Crippen molar-refractivity contribution in [2.24, 2.45) is 0 Å². The van der Waals surface area contributed by atoms with Crippen molar-refractivity contribution < 1.29 is 19.2 Å². The monoisotopic (exact) mass is 363 g/mol. The highest BCUT2D eigenvalue weighted by atomic mass is 35.5. The fourth-order valence-corrected chi connectivity index (χ4v) is 2.26. The lowest BCUT2D eigenvalue weighted by Gasteiger charge is -2.11. The van der Waals surface area contributed by atoms with Crippen LogP contribution in [-0.2, 0) is 9.59 Å². The third-order valence-corrected chi connectivity index (χ3v) is 3.52. The molecule has 2 aromatic rings. The van der Waals surface area contributed by atoms with E-state index in [4.69, 9.17) is 16.3 Å². The van der Waals surface area contributed by atoms with Crippen LogP contribution >= 0.6 is 11.6 Å². The second kappa shape index (κ2) is 7.63. The summed E-state index contributed by atoms with van der Waals surface area (Å²) in [7, 11) is 1.34. The Hall–Kier alpha value is -3.13. The van der Waals surface area contributed by atoms with Crippen molar-refractivity contribution in [2.45, 2.75) is 6.92 Å². The van der Waals surface area contributed by atoms with Crippen LogP contribution in [-0.4, -0.2) is 23.8 Å². The standard InChI is InChI=1S/C16H14ClN3O5/c1-9-7-10(17)3-5-12(9)18-15(21)16(22)19-13-8-11(20(23)24)4-6-14(13)25-2/h3-8H,1-2H3,(H,18,21)(H,19,22). The van der Waals surface area contributed by atoms with Crippen LogP contribution in [0.2, 0.25) is 5.02 Å². The lowest BCUT2D eigenvalue weighted by molar-refractivity contribution is -0.384. The number of hydrogen-bond donors (Lipinski definition) is 2. The molecule has 0 heterocycles. The minimum atomic E-state index is -0.992. The molecular weight excluding hydrogens is 350 g/mol. The topological polar surface area (TPSA) is 111 Å². The molecule has 0 saturated carbocycles. The Morgan fingerprint density at radius 2 is 1.72 bits per heavy atom. The molecule has 0 aliphatic rings. The van der Waals surface area contributed by atoms with Crippen LogP contribution in [0.15, 0.2) is 36.4 Å². The van der Waals surface area contributed by atoms with E-state index in [0.717, 1.165) is 6.07 Å². The molecule has 9 heteroatoms. The Morgan fingerprint density at radius 1 is 1.08 bits per heavy atom. The molecule has 0 radical (unpaired) electrons. The Labute approximate surface area is 147 Å². The van der Waals surface area contributed by atoms with E-state index in [0.29, 0.717) is 16.3 Å². The molecule has 0 aliphatic carbocycles. The van der Waals surface area contributed by atoms with Crippen LogP contribution in [0.1, 0.15) is 5.56 Å². The highest BCUT2D eigenvalue weighted by molar-refractivity contribution is 6.44. The molecule has 0 bridgehead atoms. The number of anilines is 2. The molecule has 130 valence electrons. The number of benzene rings is 2. The number of carbonyl (C=O) groups is 2. The first kappa shape index (κ1) is 18.2. The second-order valence-corrected chi connectivity index (χ2v) is 5.45. The van der Waals surface area contributed by atoms with E-state index in [2.05, 4.69) is 10.6 Å². The van der Waals surface area contributed by atoms with Gasteiger partial charge in [-0.25, -0.2) is 0 Å². The number of halogens is 1. The Morgan fingerprint density at radius 3 is 2.28 bits per heavy atom. The summed E-state index contributed by atoms with van der Waals surface area (Å²) in [6, 6.07) is 8.44. The minimum Gasteiger partial charge on any atom is -0.495 e. The summed E-state index contributed by atoms with van der Waals surface area (Å²) in [6.07, 6.45) is 0. The number of hydrogen-bond acceptors (Lipinski definition) is 5. The zero-order valence-corrected chi connectivity index (χ0v) is 14.1. The first-order valence-electron chi connectivity index (χ1n) is 7.02. The van der Waals surface area contributed by atoms with Gasteiger partial charge in [0.1, 0.15) is 5.75 Å². The maximum absolute atomic E-state index is 12.1. The molecule has 0 unspecified atom stereocenters. The van der Waals surface area contributed by atoms with Crippen molar-refractivity contribution in [2.75, 3.05) is 17.7 Å². The van der Waals surface area contributed by atoms with Gasteiger partial charge in [0.2, 0.25) is 0 Å². The lowest BCUT2D eigenvalue weighted by Crippen LogP contribution is -2.29. The van der Waals surface area contributed by atoms with Gasteiger partial charge in [0.25, 0.3) is 5.69 Å². The molecule has 0 aromatic heterocycles. The van der Waals surface area contributed by atoms with Gasteiger partial charge >= 0.3 is 11.8 Å². The van der Waals surface area contributed by atoms with Crippen LogP contribution in [0, 0.1) is 17.0 Å². The van der Waals surface area contributed by atoms with Gasteiger partial charge in [-0.05, 0) is 36.8 Å². The first-order valence-corrected chi connectivity index (χ1v) is 7.40. The van der Waals surface area contributed by atoms with Crippen LogP contribution in [0.25, 0.3) is 0 Å². The van der Waals surface area contributed by atoms with E-state index < -0.39 is 16.7 Å². The van der Waals surface area contributed by atoms with E-state index in [-0.39, 0.29) is 17.1 Å². The number of non-ortho nitro benzene ring substituents is 1. The molecule has 2 amide bonds. The summed E-state index contributed by atoms with van der Waals surface area (Å²) < 4.78 is 5.03. The van der Waals surface area contributed by atoms with Crippen molar-refractivity contribution in [3.05, 3.63) is 57.1 Å². The third-order valence-electron chi connectivity index (χ3n) is 3.28. The number of methoxy groups -OCH3 is 1. The number of carbonyl (C=O) groups excluding carboxylic acids is 2. The predicted molar refractivity (Wildman–Crippen MR) is 93.1 cm³/mol. The molecule has 8 nitrogen and oxygen atoms in total. The normalized spacial score (nSPS) is 10.0. The second-order valence-electron chi connectivity index (χ2n) is 5.01. The fraction of sp³-hybridized carbons (Fsp3) is 0.125. The van der Waals surface area contributed by atoms with Crippen LogP contribution in [0.3, 0.4) is 0 Å². The number of nitro groups is 1. The number of nitrogens with zero attached hydrogens (tertiary/aromatic N) is 1. The maximum Gasteiger partial charge on any atom is 0.314 e. The van der Waals surface area contributed by atoms with Crippen LogP contribution in [0.4, 0.5) is 17.1 Å². The van der Waals surface area contributed by atoms with E-state index in [1.54, 1.807) is 25.1 Å². The van der Waals surface area contributed by atoms with Gasteiger partial charge in [-0.1, -0.05) is 11.6 Å². The Bertz CT molecular complexity index is 854. The first-order chi connectivity index (χ1) is 11.8. The number of nitrogens with one attached hydrogen (secondary N) is 2. The summed E-state index contributed by atoms with van der Waals surface area (Å²) in [5.41, 5.74) is 0.881. The van der Waals surface area contributed by atoms with Gasteiger partial charge < -0.3 is 15.4 Å². The van der Waals surface area contributed by atoms with E-state index in [1.807, 2.05) is 0 Å². The predicted octanol–water partition coefficient (Wildman–Crippen LogP) is 3.14. The Balaban J connectivity index is 2.17. The molecule has 25 heavy (non-hydrogen) atoms. The summed E-state index contributed by atoms with van der Waals surface area (Å²) in [5.74, 6) is -1.73. The Kier molecular flexibility index (Phi) is 5.56. The summed E-state index contributed by atoms with van der Waals surface area (Å²) >= 11 is 5.84. The van der Waals surface area contributed by atoms with Crippen molar-refractivity contribution in [3.8, 4) is 5.75 Å². The molecule has 0 atom stereocenters. The SMILES string of the molecule is COc1ccc([N+](=O)[O-])cc1NC(=O)C(=O)Nc1ccc(Cl)cc1C. The third kappa shape index (κ3) is 4.45. The largest absolute Gasteiger partial charge is 0.495 e. The van der Waals surface area contributed by atoms with E-state index in [1.165, 1.54) is 19.2 Å². The van der Waals surface area contributed by atoms with E-state index >= 15 is 0 Å². The smallest absolute Gasteiger partial charge is 0.314 e. The lowest BCUT2D eigenvalue weighted by atomic mass is 10.2. The van der Waals surface area contributed by atoms with Crippen LogP contribution < -0.4 is 15.4 Å². The summed E-state index contributed by atoms with van der Waals surface area (Å²) in [4.78, 5) is 34.3. The molecule has 0 fully saturated rings. The molecular formula is C16H14ClN3O5. The molecule has 0 saturated heterocycles. The zero-order valence-electron chi connectivity index (χ0n) is 13.3. The van der Waals surface area contributed by atoms with Gasteiger partial charge in [-0.3, -0.25) is 19.7 Å². The molecule has 0 spiro atoms. The van der Waals surface area contributed by atoms with Gasteiger partial charge in [-0.15, -0.1) is 0 Å². The molecule has 2 N–H and O–H groups in total. The number of ether oxygens (including phenoxy) is 1. The van der Waals surface area contributed by atoms with E-state index in [9.17, 15) is 19.7 Å². The molecule has 2 rings (SSSR count). The maximum atomic E-state index is 12.1. The van der Waals surface area contributed by atoms with Gasteiger partial charge in [0.05, 0.1) is 17.7 Å². The van der Waals surface area contributed by atoms with Crippen molar-refractivity contribution >= 4 is 40.5 Å². The van der Waals surface area contributed by atoms with Gasteiger partial charge in [-0.2, -0.15) is 0 Å². The highest BCUT2D eigenvalue weighted by Gasteiger charge is 2.19. The average Bonchev–Trinajstić information content (AvgIpc) is 2.57. The molecule has 2 aromatic carbocycles. The highest BCUT2D eigenvalue weighted by Crippen LogP contribution is 2.29. The number of nitro benzene ring substituents is 1. The van der Waals surface area contributed by atoms with Crippen molar-refractivity contribution in [1.29, 1.82) is 0 Å². The van der Waals surface area contributed by atoms with Crippen LogP contribution in [0.5, 0.6) is 5.75 Å². The molecule has 0 aliphatic heterocycles. The average molecular weight is 364 g/mol. The van der Waals surface area contributed by atoms with Crippen molar-refractivity contribution in [3.63, 3.8) is 0 Å². The number of amides is 2. The van der Waals surface area contributed by atoms with Gasteiger partial charge in [0, 0.05) is 22.8 Å². The summed E-state index contributed by atoms with van der Waals surface area (Å²) in [5, 5.41) is 16.1.